The quantitative estimate of drug-likeness (QED) is 0.598. The van der Waals surface area contributed by atoms with Crippen molar-refractivity contribution in [3.8, 4) is 0 Å². The first-order valence-corrected chi connectivity index (χ1v) is 4.57. The topological polar surface area (TPSA) is 92.6 Å². The number of hydrogen-bond donors (Lipinski definition) is 3. The second-order valence-electron chi connectivity index (χ2n) is 3.28. The van der Waals surface area contributed by atoms with Crippen LogP contribution in [-0.4, -0.2) is 31.2 Å². The van der Waals surface area contributed by atoms with Crippen LogP contribution in [0.1, 0.15) is 10.4 Å². The van der Waals surface area contributed by atoms with Gasteiger partial charge in [-0.05, 0) is 18.2 Å². The van der Waals surface area contributed by atoms with Crippen molar-refractivity contribution in [3.63, 3.8) is 0 Å². The van der Waals surface area contributed by atoms with Gasteiger partial charge in [-0.1, -0.05) is 0 Å². The molecule has 0 aliphatic rings. The molecule has 0 aliphatic carbocycles. The highest BCUT2D eigenvalue weighted by molar-refractivity contribution is 5.94. The average Bonchev–Trinajstić information content (AvgIpc) is 2.17. The van der Waals surface area contributed by atoms with E-state index in [0.29, 0.717) is 17.8 Å². The minimum absolute atomic E-state index is 0.0491. The summed E-state index contributed by atoms with van der Waals surface area (Å²) in [5.41, 5.74) is 12.5. The summed E-state index contributed by atoms with van der Waals surface area (Å²) in [5, 5.41) is 8.78. The molecule has 82 valence electrons. The van der Waals surface area contributed by atoms with Crippen LogP contribution in [0.25, 0.3) is 0 Å². The highest BCUT2D eigenvalue weighted by Gasteiger charge is 2.07. The second-order valence-corrected chi connectivity index (χ2v) is 3.28. The zero-order chi connectivity index (χ0) is 11.4. The van der Waals surface area contributed by atoms with E-state index in [2.05, 4.69) is 0 Å². The number of aliphatic hydroxyl groups excluding tert-OH is 1. The highest BCUT2D eigenvalue weighted by atomic mass is 16.3. The van der Waals surface area contributed by atoms with E-state index in [1.807, 2.05) is 7.05 Å². The lowest BCUT2D eigenvalue weighted by atomic mass is 10.1. The van der Waals surface area contributed by atoms with E-state index < -0.39 is 5.91 Å². The molecule has 0 aliphatic heterocycles. The van der Waals surface area contributed by atoms with Gasteiger partial charge in [-0.3, -0.25) is 4.79 Å². The summed E-state index contributed by atoms with van der Waals surface area (Å²) in [6.07, 6.45) is 0. The third-order valence-corrected chi connectivity index (χ3v) is 2.16. The predicted octanol–water partition coefficient (Wildman–Crippen LogP) is -0.204. The van der Waals surface area contributed by atoms with Crippen molar-refractivity contribution in [1.82, 2.24) is 0 Å². The Morgan fingerprint density at radius 1 is 1.53 bits per heavy atom. The first-order chi connectivity index (χ1) is 7.06. The molecule has 0 spiro atoms. The molecule has 0 saturated heterocycles. The largest absolute Gasteiger partial charge is 0.397 e. The Hall–Kier alpha value is -1.75. The van der Waals surface area contributed by atoms with Crippen LogP contribution in [0.4, 0.5) is 11.4 Å². The van der Waals surface area contributed by atoms with Gasteiger partial charge in [0.1, 0.15) is 0 Å². The minimum Gasteiger partial charge on any atom is -0.397 e. The molecule has 1 aromatic carbocycles. The second kappa shape index (κ2) is 4.65. The molecule has 5 heteroatoms. The van der Waals surface area contributed by atoms with E-state index in [9.17, 15) is 4.79 Å². The normalized spacial score (nSPS) is 10.0. The van der Waals surface area contributed by atoms with Gasteiger partial charge in [-0.25, -0.2) is 0 Å². The van der Waals surface area contributed by atoms with E-state index in [4.69, 9.17) is 16.6 Å². The van der Waals surface area contributed by atoms with Gasteiger partial charge < -0.3 is 21.5 Å². The highest BCUT2D eigenvalue weighted by Crippen LogP contribution is 2.22. The van der Waals surface area contributed by atoms with Crippen molar-refractivity contribution in [2.24, 2.45) is 5.73 Å². The van der Waals surface area contributed by atoms with Crippen molar-refractivity contribution < 1.29 is 9.90 Å². The van der Waals surface area contributed by atoms with E-state index in [-0.39, 0.29) is 6.61 Å². The van der Waals surface area contributed by atoms with Crippen LogP contribution in [0.3, 0.4) is 0 Å². The fourth-order valence-corrected chi connectivity index (χ4v) is 1.33. The molecule has 1 amide bonds. The van der Waals surface area contributed by atoms with E-state index >= 15 is 0 Å². The number of primary amides is 1. The van der Waals surface area contributed by atoms with Crippen molar-refractivity contribution in [2.75, 3.05) is 30.8 Å². The zero-order valence-electron chi connectivity index (χ0n) is 8.60. The molecule has 5 N–H and O–H groups in total. The summed E-state index contributed by atoms with van der Waals surface area (Å²) in [6, 6.07) is 4.86. The number of nitrogens with two attached hydrogens (primary N) is 2. The van der Waals surface area contributed by atoms with E-state index in [1.165, 1.54) is 6.07 Å². The maximum atomic E-state index is 10.9. The molecular weight excluding hydrogens is 194 g/mol. The van der Waals surface area contributed by atoms with Crippen molar-refractivity contribution >= 4 is 17.3 Å². The zero-order valence-corrected chi connectivity index (χ0v) is 8.60. The van der Waals surface area contributed by atoms with Gasteiger partial charge in [0, 0.05) is 19.2 Å². The van der Waals surface area contributed by atoms with Crippen LogP contribution in [0, 0.1) is 0 Å². The van der Waals surface area contributed by atoms with Crippen LogP contribution >= 0.6 is 0 Å². The third-order valence-electron chi connectivity index (χ3n) is 2.16. The number of likely N-dealkylation sites (N-methyl/N-ethyl adjacent to an activating group) is 1. The molecule has 0 heterocycles. The first-order valence-electron chi connectivity index (χ1n) is 4.57. The fourth-order valence-electron chi connectivity index (χ4n) is 1.33. The SMILES string of the molecule is CN(CCO)c1ccc(C(N)=O)cc1N. The Bertz CT molecular complexity index is 366. The number of amides is 1. The van der Waals surface area contributed by atoms with E-state index in [0.717, 1.165) is 5.69 Å². The Morgan fingerprint density at radius 3 is 2.67 bits per heavy atom. The van der Waals surface area contributed by atoms with Gasteiger partial charge in [-0.2, -0.15) is 0 Å². The molecule has 0 unspecified atom stereocenters. The Morgan fingerprint density at radius 2 is 2.20 bits per heavy atom. The lowest BCUT2D eigenvalue weighted by Crippen LogP contribution is -2.22. The summed E-state index contributed by atoms with van der Waals surface area (Å²) in [6.45, 7) is 0.535. The first kappa shape index (κ1) is 11.3. The summed E-state index contributed by atoms with van der Waals surface area (Å²) in [7, 11) is 1.81. The molecule has 0 atom stereocenters. The van der Waals surface area contributed by atoms with Gasteiger partial charge >= 0.3 is 0 Å². The van der Waals surface area contributed by atoms with Gasteiger partial charge in [0.15, 0.2) is 0 Å². The summed E-state index contributed by atoms with van der Waals surface area (Å²) >= 11 is 0. The van der Waals surface area contributed by atoms with Crippen LogP contribution in [-0.2, 0) is 0 Å². The Balaban J connectivity index is 2.97. The van der Waals surface area contributed by atoms with Gasteiger partial charge in [0.05, 0.1) is 18.0 Å². The predicted molar refractivity (Wildman–Crippen MR) is 59.7 cm³/mol. The van der Waals surface area contributed by atoms with Crippen LogP contribution < -0.4 is 16.4 Å². The van der Waals surface area contributed by atoms with Crippen LogP contribution in [0.15, 0.2) is 18.2 Å². The lowest BCUT2D eigenvalue weighted by Gasteiger charge is -2.20. The third kappa shape index (κ3) is 2.60. The van der Waals surface area contributed by atoms with Crippen LogP contribution in [0.5, 0.6) is 0 Å². The molecule has 0 bridgehead atoms. The molecule has 0 saturated carbocycles. The minimum atomic E-state index is -0.502. The lowest BCUT2D eigenvalue weighted by molar-refractivity contribution is 0.100. The standard InChI is InChI=1S/C10H15N3O2/c1-13(4-5-14)9-3-2-7(10(12)15)6-8(9)11/h2-3,6,14H,4-5,11H2,1H3,(H2,12,15). The number of benzene rings is 1. The molecule has 0 fully saturated rings. The summed E-state index contributed by atoms with van der Waals surface area (Å²) in [4.78, 5) is 12.7. The van der Waals surface area contributed by atoms with Crippen LogP contribution in [0.2, 0.25) is 0 Å². The number of carbonyl (C=O) groups is 1. The summed E-state index contributed by atoms with van der Waals surface area (Å²) in [5.74, 6) is -0.502. The molecule has 5 nitrogen and oxygen atoms in total. The molecule has 1 rings (SSSR count). The summed E-state index contributed by atoms with van der Waals surface area (Å²) < 4.78 is 0. The number of carbonyl (C=O) groups excluding carboxylic acids is 1. The average molecular weight is 209 g/mol. The maximum absolute atomic E-state index is 10.9. The molecule has 0 radical (unpaired) electrons. The Labute approximate surface area is 88.3 Å². The van der Waals surface area contributed by atoms with Crippen molar-refractivity contribution in [2.45, 2.75) is 0 Å². The number of rotatable bonds is 4. The van der Waals surface area contributed by atoms with Gasteiger partial charge in [0.25, 0.3) is 0 Å². The molecular formula is C10H15N3O2. The van der Waals surface area contributed by atoms with Crippen molar-refractivity contribution in [1.29, 1.82) is 0 Å². The van der Waals surface area contributed by atoms with E-state index in [1.54, 1.807) is 17.0 Å². The number of anilines is 2. The van der Waals surface area contributed by atoms with Gasteiger partial charge in [0.2, 0.25) is 5.91 Å². The monoisotopic (exact) mass is 209 g/mol. The van der Waals surface area contributed by atoms with Crippen molar-refractivity contribution in [3.05, 3.63) is 23.8 Å². The fraction of sp³-hybridized carbons (Fsp3) is 0.300. The number of nitrogen functional groups attached to an aromatic ring is 1. The van der Waals surface area contributed by atoms with Gasteiger partial charge in [-0.15, -0.1) is 0 Å². The number of hydrogen-bond acceptors (Lipinski definition) is 4. The molecule has 15 heavy (non-hydrogen) atoms. The number of aliphatic hydroxyl groups is 1. The Kier molecular flexibility index (Phi) is 3.51. The number of nitrogens with zero attached hydrogens (tertiary/aromatic N) is 1. The smallest absolute Gasteiger partial charge is 0.248 e. The molecule has 0 aromatic heterocycles. The maximum Gasteiger partial charge on any atom is 0.248 e. The molecule has 1 aromatic rings.